The number of urea groups is 1. The Morgan fingerprint density at radius 2 is 1.96 bits per heavy atom. The van der Waals surface area contributed by atoms with Gasteiger partial charge in [-0.2, -0.15) is 0 Å². The van der Waals surface area contributed by atoms with E-state index in [9.17, 15) is 4.79 Å². The Hall–Kier alpha value is -2.79. The van der Waals surface area contributed by atoms with Crippen LogP contribution in [0, 0.1) is 0 Å². The van der Waals surface area contributed by atoms with Crippen molar-refractivity contribution in [2.75, 3.05) is 18.4 Å². The van der Waals surface area contributed by atoms with Gasteiger partial charge in [0.05, 0.1) is 6.54 Å². The molecule has 0 spiro atoms. The van der Waals surface area contributed by atoms with Gasteiger partial charge in [0.25, 0.3) is 0 Å². The first-order chi connectivity index (χ1) is 12.7. The van der Waals surface area contributed by atoms with Crippen LogP contribution < -0.4 is 10.1 Å². The maximum absolute atomic E-state index is 12.4. The molecule has 1 aliphatic rings. The normalized spacial score (nSPS) is 16.7. The molecule has 4 rings (SSSR count). The summed E-state index contributed by atoms with van der Waals surface area (Å²) in [6, 6.07) is 16.7. The number of ether oxygens (including phenoxy) is 1. The number of aromatic nitrogens is 1. The molecule has 1 atom stereocenters. The van der Waals surface area contributed by atoms with E-state index < -0.39 is 0 Å². The van der Waals surface area contributed by atoms with E-state index in [-0.39, 0.29) is 12.1 Å². The summed E-state index contributed by atoms with van der Waals surface area (Å²) in [6.07, 6.45) is 2.51. The minimum absolute atomic E-state index is 0.0430. The number of carbonyl (C=O) groups is 1. The minimum atomic E-state index is -0.130. The third-order valence-corrected chi connectivity index (χ3v) is 4.67. The zero-order chi connectivity index (χ0) is 17.9. The highest BCUT2D eigenvalue weighted by Gasteiger charge is 2.28. The Morgan fingerprint density at radius 3 is 2.81 bits per heavy atom. The van der Waals surface area contributed by atoms with E-state index in [1.54, 1.807) is 35.4 Å². The lowest BCUT2D eigenvalue weighted by atomic mass is 10.2. The lowest BCUT2D eigenvalue weighted by Gasteiger charge is -2.18. The molecule has 2 heterocycles. The van der Waals surface area contributed by atoms with E-state index in [1.165, 1.54) is 0 Å². The maximum atomic E-state index is 12.4. The maximum Gasteiger partial charge on any atom is 0.321 e. The fourth-order valence-corrected chi connectivity index (χ4v) is 3.22. The fraction of sp³-hybridized carbons (Fsp3) is 0.200. The van der Waals surface area contributed by atoms with Gasteiger partial charge in [0, 0.05) is 35.3 Å². The SMILES string of the molecule is O=C(Nc1ccc(Cl)cc1)N1CCC(Oc2cccc3cccnc23)C1. The second-order valence-electron chi connectivity index (χ2n) is 6.24. The second-order valence-corrected chi connectivity index (χ2v) is 6.68. The van der Waals surface area contributed by atoms with Crippen LogP contribution in [0.3, 0.4) is 0 Å². The number of nitrogens with one attached hydrogen (secondary N) is 1. The number of pyridine rings is 1. The number of carbonyl (C=O) groups excluding carboxylic acids is 1. The van der Waals surface area contributed by atoms with E-state index in [0.717, 1.165) is 28.8 Å². The zero-order valence-corrected chi connectivity index (χ0v) is 14.8. The van der Waals surface area contributed by atoms with Crippen LogP contribution in [-0.2, 0) is 0 Å². The number of benzene rings is 2. The number of fused-ring (bicyclic) bond motifs is 1. The van der Waals surface area contributed by atoms with Gasteiger partial charge >= 0.3 is 6.03 Å². The van der Waals surface area contributed by atoms with Crippen LogP contribution in [0.1, 0.15) is 6.42 Å². The number of rotatable bonds is 3. The molecule has 26 heavy (non-hydrogen) atoms. The van der Waals surface area contributed by atoms with Crippen molar-refractivity contribution in [3.8, 4) is 5.75 Å². The summed E-state index contributed by atoms with van der Waals surface area (Å²) in [7, 11) is 0. The molecule has 0 aliphatic carbocycles. The van der Waals surface area contributed by atoms with Gasteiger partial charge in [-0.1, -0.05) is 29.8 Å². The van der Waals surface area contributed by atoms with Crippen LogP contribution in [0.15, 0.2) is 60.8 Å². The van der Waals surface area contributed by atoms with Crippen molar-refractivity contribution >= 4 is 34.2 Å². The van der Waals surface area contributed by atoms with Gasteiger partial charge < -0.3 is 15.0 Å². The molecule has 1 saturated heterocycles. The Kier molecular flexibility index (Phi) is 4.63. The Bertz CT molecular complexity index is 924. The van der Waals surface area contributed by atoms with Crippen molar-refractivity contribution in [2.45, 2.75) is 12.5 Å². The molecule has 5 nitrogen and oxygen atoms in total. The van der Waals surface area contributed by atoms with Crippen LogP contribution in [0.2, 0.25) is 5.02 Å². The summed E-state index contributed by atoms with van der Waals surface area (Å²) < 4.78 is 6.13. The number of anilines is 1. The first-order valence-electron chi connectivity index (χ1n) is 8.51. The molecule has 1 aliphatic heterocycles. The summed E-state index contributed by atoms with van der Waals surface area (Å²) in [5.41, 5.74) is 1.57. The topological polar surface area (TPSA) is 54.5 Å². The highest BCUT2D eigenvalue weighted by atomic mass is 35.5. The molecular formula is C20H18ClN3O2. The van der Waals surface area contributed by atoms with Crippen LogP contribution in [0.5, 0.6) is 5.75 Å². The monoisotopic (exact) mass is 367 g/mol. The van der Waals surface area contributed by atoms with Crippen LogP contribution in [-0.4, -0.2) is 35.1 Å². The van der Waals surface area contributed by atoms with Gasteiger partial charge in [-0.3, -0.25) is 4.98 Å². The lowest BCUT2D eigenvalue weighted by molar-refractivity contribution is 0.196. The molecule has 0 radical (unpaired) electrons. The quantitative estimate of drug-likeness (QED) is 0.737. The third kappa shape index (κ3) is 3.58. The number of para-hydroxylation sites is 1. The Morgan fingerprint density at radius 1 is 1.15 bits per heavy atom. The van der Waals surface area contributed by atoms with Crippen LogP contribution >= 0.6 is 11.6 Å². The second kappa shape index (κ2) is 7.22. The molecule has 1 fully saturated rings. The predicted octanol–water partition coefficient (Wildman–Crippen LogP) is 4.57. The van der Waals surface area contributed by atoms with Crippen molar-refractivity contribution in [3.63, 3.8) is 0 Å². The first kappa shape index (κ1) is 16.7. The number of halogens is 1. The lowest BCUT2D eigenvalue weighted by Crippen LogP contribution is -2.34. The largest absolute Gasteiger partial charge is 0.486 e. The van der Waals surface area contributed by atoms with Gasteiger partial charge in [-0.05, 0) is 36.4 Å². The zero-order valence-electron chi connectivity index (χ0n) is 14.1. The number of hydrogen-bond acceptors (Lipinski definition) is 3. The van der Waals surface area contributed by atoms with Crippen molar-refractivity contribution < 1.29 is 9.53 Å². The Labute approximate surface area is 156 Å². The molecule has 0 saturated carbocycles. The van der Waals surface area contributed by atoms with Gasteiger partial charge in [0.1, 0.15) is 17.4 Å². The number of amides is 2. The third-order valence-electron chi connectivity index (χ3n) is 4.42. The van der Waals surface area contributed by atoms with Crippen molar-refractivity contribution in [3.05, 3.63) is 65.8 Å². The molecule has 2 amide bonds. The average Bonchev–Trinajstić information content (AvgIpc) is 3.13. The fourth-order valence-electron chi connectivity index (χ4n) is 3.10. The summed E-state index contributed by atoms with van der Waals surface area (Å²) in [5, 5.41) is 4.57. The van der Waals surface area contributed by atoms with Gasteiger partial charge in [-0.25, -0.2) is 4.79 Å². The summed E-state index contributed by atoms with van der Waals surface area (Å²) in [4.78, 5) is 18.6. The van der Waals surface area contributed by atoms with Gasteiger partial charge in [0.2, 0.25) is 0 Å². The number of likely N-dealkylation sites (tertiary alicyclic amines) is 1. The smallest absolute Gasteiger partial charge is 0.321 e. The van der Waals surface area contributed by atoms with Crippen molar-refractivity contribution in [1.82, 2.24) is 9.88 Å². The Balaban J connectivity index is 1.40. The van der Waals surface area contributed by atoms with E-state index in [2.05, 4.69) is 10.3 Å². The molecular weight excluding hydrogens is 350 g/mol. The summed E-state index contributed by atoms with van der Waals surface area (Å²) in [5.74, 6) is 0.757. The predicted molar refractivity (Wildman–Crippen MR) is 103 cm³/mol. The van der Waals surface area contributed by atoms with Crippen molar-refractivity contribution in [2.24, 2.45) is 0 Å². The van der Waals surface area contributed by atoms with E-state index >= 15 is 0 Å². The minimum Gasteiger partial charge on any atom is -0.486 e. The average molecular weight is 368 g/mol. The molecule has 1 aromatic heterocycles. The summed E-state index contributed by atoms with van der Waals surface area (Å²) >= 11 is 5.87. The van der Waals surface area contributed by atoms with E-state index in [1.807, 2.05) is 30.3 Å². The molecule has 132 valence electrons. The highest BCUT2D eigenvalue weighted by Crippen LogP contribution is 2.26. The van der Waals surface area contributed by atoms with E-state index in [4.69, 9.17) is 16.3 Å². The number of hydrogen-bond donors (Lipinski definition) is 1. The standard InChI is InChI=1S/C20H18ClN3O2/c21-15-6-8-16(9-7-15)23-20(25)24-12-10-17(13-24)26-18-5-1-3-14-4-2-11-22-19(14)18/h1-9,11,17H,10,12-13H2,(H,23,25). The number of nitrogens with zero attached hydrogens (tertiary/aromatic N) is 2. The molecule has 3 aromatic rings. The highest BCUT2D eigenvalue weighted by molar-refractivity contribution is 6.30. The van der Waals surface area contributed by atoms with Gasteiger partial charge in [0.15, 0.2) is 0 Å². The first-order valence-corrected chi connectivity index (χ1v) is 8.89. The molecule has 1 unspecified atom stereocenters. The van der Waals surface area contributed by atoms with Crippen LogP contribution in [0.4, 0.5) is 10.5 Å². The molecule has 0 bridgehead atoms. The molecule has 6 heteroatoms. The summed E-state index contributed by atoms with van der Waals surface area (Å²) in [6.45, 7) is 1.20. The van der Waals surface area contributed by atoms with Crippen LogP contribution in [0.25, 0.3) is 10.9 Å². The van der Waals surface area contributed by atoms with E-state index in [0.29, 0.717) is 18.1 Å². The van der Waals surface area contributed by atoms with Crippen molar-refractivity contribution in [1.29, 1.82) is 0 Å². The van der Waals surface area contributed by atoms with Gasteiger partial charge in [-0.15, -0.1) is 0 Å². The molecule has 1 N–H and O–H groups in total. The molecule has 2 aromatic carbocycles.